The van der Waals surface area contributed by atoms with Crippen molar-refractivity contribution in [1.82, 2.24) is 0 Å². The second-order valence-electron chi connectivity index (χ2n) is 19.3. The second-order valence-corrected chi connectivity index (χ2v) is 22.9. The highest BCUT2D eigenvalue weighted by molar-refractivity contribution is 7.24. The van der Waals surface area contributed by atoms with Crippen LogP contribution >= 0.6 is 0 Å². The molecule has 8 aromatic carbocycles. The molecule has 0 fully saturated rings. The van der Waals surface area contributed by atoms with Crippen LogP contribution in [0.4, 0.5) is 17.1 Å². The van der Waals surface area contributed by atoms with E-state index in [1.165, 1.54) is 116 Å². The number of allylic oxidation sites excluding steroid dienone is 4. The number of anilines is 3. The molecular formula is C60H45NSi. The number of hydrogen-bond donors (Lipinski definition) is 0. The van der Waals surface area contributed by atoms with Gasteiger partial charge in [0.15, 0.2) is 8.07 Å². The predicted octanol–water partition coefficient (Wildman–Crippen LogP) is 11.9. The van der Waals surface area contributed by atoms with Gasteiger partial charge in [-0.3, -0.25) is 0 Å². The van der Waals surface area contributed by atoms with E-state index < -0.39 is 13.5 Å². The Morgan fingerprint density at radius 1 is 0.468 bits per heavy atom. The Morgan fingerprint density at radius 3 is 1.66 bits per heavy atom. The minimum Gasteiger partial charge on any atom is -0.310 e. The van der Waals surface area contributed by atoms with Gasteiger partial charge in [0.05, 0.1) is 16.8 Å². The maximum absolute atomic E-state index is 2.72. The molecule has 0 radical (unpaired) electrons. The van der Waals surface area contributed by atoms with Crippen LogP contribution in [0.3, 0.4) is 0 Å². The van der Waals surface area contributed by atoms with Crippen LogP contribution in [-0.2, 0) is 10.8 Å². The fraction of sp³-hybridized carbons (Fsp3) is 0.133. The van der Waals surface area contributed by atoms with Gasteiger partial charge in [-0.15, -0.1) is 0 Å². The Labute approximate surface area is 365 Å². The number of fused-ring (bicyclic) bond motifs is 23. The van der Waals surface area contributed by atoms with Crippen molar-refractivity contribution in [3.63, 3.8) is 0 Å². The summed E-state index contributed by atoms with van der Waals surface area (Å²) in [7, 11) is -2.69. The Morgan fingerprint density at radius 2 is 1.02 bits per heavy atom. The van der Waals surface area contributed by atoms with E-state index in [2.05, 4.69) is 221 Å². The third-order valence-corrected chi connectivity index (χ3v) is 21.0. The van der Waals surface area contributed by atoms with Crippen molar-refractivity contribution >= 4 is 45.9 Å². The van der Waals surface area contributed by atoms with Crippen molar-refractivity contribution in [2.45, 2.75) is 44.4 Å². The van der Waals surface area contributed by atoms with Crippen molar-refractivity contribution in [2.24, 2.45) is 5.92 Å². The van der Waals surface area contributed by atoms with Crippen molar-refractivity contribution in [3.05, 3.63) is 233 Å². The SMILES string of the molecule is Cc1ccc2c(c1)C1(c3cc(C)ccc3-2)c2ccccc2N(c2ccc3c(c2)[Si]2(c4ccccc4-c4ccccc42)c2ccccc2-3)c2c1ccc1c2C(C)(C)C2C=CC=CC12. The van der Waals surface area contributed by atoms with Gasteiger partial charge < -0.3 is 4.90 Å². The van der Waals surface area contributed by atoms with Gasteiger partial charge in [-0.1, -0.05) is 195 Å². The number of para-hydroxylation sites is 1. The predicted molar refractivity (Wildman–Crippen MR) is 261 cm³/mol. The number of benzene rings is 8. The highest BCUT2D eigenvalue weighted by atomic mass is 28.3. The van der Waals surface area contributed by atoms with E-state index in [9.17, 15) is 0 Å². The zero-order chi connectivity index (χ0) is 41.3. The zero-order valence-electron chi connectivity index (χ0n) is 35.5. The molecular weight excluding hydrogens is 763 g/mol. The Balaban J connectivity index is 1.13. The average molecular weight is 808 g/mol. The van der Waals surface area contributed by atoms with E-state index in [0.29, 0.717) is 11.8 Å². The molecule has 6 aliphatic rings. The molecule has 2 atom stereocenters. The molecule has 2 unspecified atom stereocenters. The van der Waals surface area contributed by atoms with Crippen LogP contribution < -0.4 is 25.6 Å². The van der Waals surface area contributed by atoms with Gasteiger partial charge in [-0.2, -0.15) is 0 Å². The van der Waals surface area contributed by atoms with Crippen LogP contribution in [0.1, 0.15) is 64.3 Å². The minimum absolute atomic E-state index is 0.131. The van der Waals surface area contributed by atoms with Crippen LogP contribution in [-0.4, -0.2) is 8.07 Å². The number of hydrogen-bond acceptors (Lipinski definition) is 1. The highest BCUT2D eigenvalue weighted by Crippen LogP contribution is 2.67. The molecule has 14 rings (SSSR count). The lowest BCUT2D eigenvalue weighted by molar-refractivity contribution is 0.394. The summed E-state index contributed by atoms with van der Waals surface area (Å²) < 4.78 is 0. The lowest BCUT2D eigenvalue weighted by Gasteiger charge is -2.47. The van der Waals surface area contributed by atoms with Gasteiger partial charge in [-0.05, 0) is 131 Å². The first-order chi connectivity index (χ1) is 30.3. The van der Waals surface area contributed by atoms with Crippen molar-refractivity contribution in [2.75, 3.05) is 4.90 Å². The van der Waals surface area contributed by atoms with E-state index in [1.54, 1.807) is 0 Å². The number of rotatable bonds is 1. The highest BCUT2D eigenvalue weighted by Gasteiger charge is 2.57. The number of nitrogens with zero attached hydrogens (tertiary/aromatic N) is 1. The summed E-state index contributed by atoms with van der Waals surface area (Å²) in [5.41, 5.74) is 22.6. The van der Waals surface area contributed by atoms with E-state index in [0.717, 1.165) is 0 Å². The monoisotopic (exact) mass is 807 g/mol. The zero-order valence-corrected chi connectivity index (χ0v) is 36.5. The maximum atomic E-state index is 2.72. The fourth-order valence-corrected chi connectivity index (χ4v) is 19.4. The van der Waals surface area contributed by atoms with Gasteiger partial charge in [0.2, 0.25) is 0 Å². The standard InChI is InChI=1S/C60H45NSi/c1-36-25-28-40-41-29-26-37(2)34-51(41)60(50(40)33-36)48-20-10-11-21-52(48)61(58-49(60)32-31-46-39-15-5-9-19-47(39)59(3,4)57(46)58)38-27-30-45-44-18-8-14-24-55(44)62(56(45)35-38)53-22-12-6-16-42(53)43-17-7-13-23-54(43)62/h5-35,39,47H,1-4H3. The Kier molecular flexibility index (Phi) is 6.64. The first kappa shape index (κ1) is 34.9. The molecule has 62 heavy (non-hydrogen) atoms. The molecule has 1 nitrogen and oxygen atoms in total. The molecule has 294 valence electrons. The molecule has 2 heteroatoms. The average Bonchev–Trinajstić information content (AvgIpc) is 3.95. The summed E-state index contributed by atoms with van der Waals surface area (Å²) in [5, 5.41) is 6.04. The van der Waals surface area contributed by atoms with Crippen LogP contribution in [0.5, 0.6) is 0 Å². The molecule has 0 bridgehead atoms. The van der Waals surface area contributed by atoms with Gasteiger partial charge in [-0.25, -0.2) is 0 Å². The summed E-state index contributed by atoms with van der Waals surface area (Å²) in [6.45, 7) is 9.57. The molecule has 0 amide bonds. The molecule has 0 saturated carbocycles. The summed E-state index contributed by atoms with van der Waals surface area (Å²) in [5.74, 6) is 0.697. The summed E-state index contributed by atoms with van der Waals surface area (Å²) >= 11 is 0. The van der Waals surface area contributed by atoms with E-state index in [1.807, 2.05) is 0 Å². The fourth-order valence-electron chi connectivity index (χ4n) is 13.7. The largest absolute Gasteiger partial charge is 0.310 e. The van der Waals surface area contributed by atoms with Crippen LogP contribution in [0.2, 0.25) is 0 Å². The van der Waals surface area contributed by atoms with Gasteiger partial charge in [0.1, 0.15) is 0 Å². The number of aryl methyl sites for hydroxylation is 2. The van der Waals surface area contributed by atoms with Gasteiger partial charge in [0, 0.05) is 11.6 Å². The summed E-state index contributed by atoms with van der Waals surface area (Å²) in [6.07, 6.45) is 9.50. The molecule has 3 aliphatic heterocycles. The van der Waals surface area contributed by atoms with Crippen molar-refractivity contribution < 1.29 is 0 Å². The normalized spacial score (nSPS) is 19.5. The molecule has 8 aromatic rings. The maximum Gasteiger partial charge on any atom is 0.182 e. The van der Waals surface area contributed by atoms with Gasteiger partial charge >= 0.3 is 0 Å². The topological polar surface area (TPSA) is 3.24 Å². The smallest absolute Gasteiger partial charge is 0.182 e. The summed E-state index contributed by atoms with van der Waals surface area (Å²) in [4.78, 5) is 2.72. The van der Waals surface area contributed by atoms with Crippen LogP contribution in [0, 0.1) is 19.8 Å². The summed E-state index contributed by atoms with van der Waals surface area (Å²) in [6, 6.07) is 64.5. The Hall–Kier alpha value is -6.74. The molecule has 3 aliphatic carbocycles. The molecule has 2 spiro atoms. The third kappa shape index (κ3) is 3.93. The lowest BCUT2D eigenvalue weighted by atomic mass is 9.63. The molecule has 0 N–H and O–H groups in total. The first-order valence-corrected chi connectivity index (χ1v) is 24.4. The van der Waals surface area contributed by atoms with E-state index in [-0.39, 0.29) is 5.41 Å². The minimum atomic E-state index is -2.69. The van der Waals surface area contributed by atoms with E-state index >= 15 is 0 Å². The quantitative estimate of drug-likeness (QED) is 0.149. The van der Waals surface area contributed by atoms with Crippen LogP contribution in [0.25, 0.3) is 33.4 Å². The Bertz CT molecular complexity index is 3280. The van der Waals surface area contributed by atoms with Crippen molar-refractivity contribution in [3.8, 4) is 33.4 Å². The molecule has 0 aromatic heterocycles. The first-order valence-electron chi connectivity index (χ1n) is 22.4. The van der Waals surface area contributed by atoms with Crippen molar-refractivity contribution in [1.29, 1.82) is 0 Å². The lowest BCUT2D eigenvalue weighted by Crippen LogP contribution is -2.70. The van der Waals surface area contributed by atoms with Gasteiger partial charge in [0.25, 0.3) is 0 Å². The van der Waals surface area contributed by atoms with E-state index in [4.69, 9.17) is 0 Å². The second kappa shape index (κ2) is 11.8. The third-order valence-electron chi connectivity index (χ3n) is 16.0. The molecule has 0 saturated heterocycles. The molecule has 3 heterocycles. The van der Waals surface area contributed by atoms with Crippen LogP contribution in [0.15, 0.2) is 188 Å².